The van der Waals surface area contributed by atoms with Crippen molar-refractivity contribution in [3.8, 4) is 0 Å². The predicted molar refractivity (Wildman–Crippen MR) is 92.7 cm³/mol. The van der Waals surface area contributed by atoms with Gasteiger partial charge in [0.25, 0.3) is 11.5 Å². The third kappa shape index (κ3) is 2.91. The van der Waals surface area contributed by atoms with Crippen LogP contribution in [0.1, 0.15) is 51.4 Å². The number of aromatic amines is 1. The molecular formula is C18H20N2O3S. The number of H-pyrrole nitrogens is 1. The number of fused-ring (bicyclic) bond motifs is 1. The minimum absolute atomic E-state index is 0.112. The number of thiophene rings is 1. The quantitative estimate of drug-likeness (QED) is 0.927. The number of pyridine rings is 1. The number of aromatic nitrogens is 1. The molecular weight excluding hydrogens is 324 g/mol. The Morgan fingerprint density at radius 2 is 2.21 bits per heavy atom. The summed E-state index contributed by atoms with van der Waals surface area (Å²) in [6, 6.07) is 5.59. The molecule has 1 atom stereocenters. The molecule has 5 nitrogen and oxygen atoms in total. The second-order valence-corrected chi connectivity index (χ2v) is 7.53. The molecule has 3 heterocycles. The van der Waals surface area contributed by atoms with E-state index in [0.29, 0.717) is 19.1 Å². The zero-order valence-corrected chi connectivity index (χ0v) is 14.4. The normalized spacial score (nSPS) is 19.8. The van der Waals surface area contributed by atoms with Crippen molar-refractivity contribution in [2.45, 2.75) is 31.3 Å². The van der Waals surface area contributed by atoms with Gasteiger partial charge in [0.1, 0.15) is 11.7 Å². The van der Waals surface area contributed by atoms with E-state index in [1.165, 1.54) is 10.4 Å². The van der Waals surface area contributed by atoms with E-state index in [4.69, 9.17) is 4.74 Å². The van der Waals surface area contributed by atoms with E-state index < -0.39 is 0 Å². The molecule has 4 rings (SSSR count). The van der Waals surface area contributed by atoms with Crippen molar-refractivity contribution in [1.82, 2.24) is 9.88 Å². The standard InChI is InChI=1S/C18H20N2O3S/c1-20(10-15-12-7-9-24-16(12)6-8-23-15)18(22)13-4-5-14(11-2-3-11)19-17(13)21/h4-5,7,9,11,15H,2-3,6,8,10H2,1H3,(H,19,21). The molecule has 1 fully saturated rings. The third-order valence-corrected chi connectivity index (χ3v) is 5.74. The van der Waals surface area contributed by atoms with Crippen molar-refractivity contribution in [2.75, 3.05) is 20.2 Å². The van der Waals surface area contributed by atoms with E-state index in [2.05, 4.69) is 16.4 Å². The van der Waals surface area contributed by atoms with Crippen LogP contribution in [-0.2, 0) is 11.2 Å². The predicted octanol–water partition coefficient (Wildman–Crippen LogP) is 2.70. The van der Waals surface area contributed by atoms with Gasteiger partial charge in [-0.15, -0.1) is 11.3 Å². The molecule has 1 N–H and O–H groups in total. The van der Waals surface area contributed by atoms with Crippen molar-refractivity contribution in [3.05, 3.63) is 55.6 Å². The molecule has 1 saturated carbocycles. The summed E-state index contributed by atoms with van der Waals surface area (Å²) in [6.07, 6.45) is 3.05. The highest BCUT2D eigenvalue weighted by Gasteiger charge is 2.27. The van der Waals surface area contributed by atoms with Crippen LogP contribution in [0.2, 0.25) is 0 Å². The zero-order valence-electron chi connectivity index (χ0n) is 13.6. The SMILES string of the molecule is CN(CC1OCCc2sccc21)C(=O)c1ccc(C2CC2)[nH]c1=O. The Bertz CT molecular complexity index is 822. The van der Waals surface area contributed by atoms with Gasteiger partial charge in [-0.25, -0.2) is 0 Å². The van der Waals surface area contributed by atoms with E-state index >= 15 is 0 Å². The lowest BCUT2D eigenvalue weighted by atomic mass is 10.1. The minimum atomic E-state index is -0.294. The van der Waals surface area contributed by atoms with Crippen LogP contribution in [0.3, 0.4) is 0 Å². The minimum Gasteiger partial charge on any atom is -0.371 e. The first kappa shape index (κ1) is 15.6. The van der Waals surface area contributed by atoms with Gasteiger partial charge in [-0.05, 0) is 47.9 Å². The fourth-order valence-corrected chi connectivity index (χ4v) is 4.12. The van der Waals surface area contributed by atoms with Crippen LogP contribution < -0.4 is 5.56 Å². The monoisotopic (exact) mass is 344 g/mol. The van der Waals surface area contributed by atoms with Crippen molar-refractivity contribution in [1.29, 1.82) is 0 Å². The Balaban J connectivity index is 1.50. The average molecular weight is 344 g/mol. The Morgan fingerprint density at radius 1 is 1.38 bits per heavy atom. The molecule has 2 aromatic heterocycles. The van der Waals surface area contributed by atoms with E-state index in [9.17, 15) is 9.59 Å². The number of ether oxygens (including phenoxy) is 1. The van der Waals surface area contributed by atoms with E-state index in [-0.39, 0.29) is 23.1 Å². The molecule has 2 aliphatic rings. The maximum Gasteiger partial charge on any atom is 0.261 e. The second kappa shape index (κ2) is 6.18. The number of carbonyl (C=O) groups is 1. The van der Waals surface area contributed by atoms with Gasteiger partial charge in [-0.2, -0.15) is 0 Å². The van der Waals surface area contributed by atoms with Crippen molar-refractivity contribution >= 4 is 17.2 Å². The van der Waals surface area contributed by atoms with Crippen LogP contribution in [0.5, 0.6) is 0 Å². The molecule has 6 heteroatoms. The van der Waals surface area contributed by atoms with Gasteiger partial charge in [0.15, 0.2) is 0 Å². The van der Waals surface area contributed by atoms with Crippen molar-refractivity contribution in [3.63, 3.8) is 0 Å². The van der Waals surface area contributed by atoms with Crippen LogP contribution in [0.4, 0.5) is 0 Å². The van der Waals surface area contributed by atoms with Gasteiger partial charge in [0.05, 0.1) is 13.2 Å². The zero-order chi connectivity index (χ0) is 16.7. The Kier molecular flexibility index (Phi) is 4.02. The highest BCUT2D eigenvalue weighted by molar-refractivity contribution is 7.10. The number of nitrogens with zero attached hydrogens (tertiary/aromatic N) is 1. The highest BCUT2D eigenvalue weighted by Crippen LogP contribution is 2.38. The first-order valence-electron chi connectivity index (χ1n) is 8.30. The molecule has 0 spiro atoms. The van der Waals surface area contributed by atoms with Gasteiger partial charge in [-0.3, -0.25) is 9.59 Å². The number of hydrogen-bond donors (Lipinski definition) is 1. The van der Waals surface area contributed by atoms with Gasteiger partial charge in [0.2, 0.25) is 0 Å². The van der Waals surface area contributed by atoms with Crippen LogP contribution in [0, 0.1) is 0 Å². The lowest BCUT2D eigenvalue weighted by molar-refractivity contribution is 0.0209. The lowest BCUT2D eigenvalue weighted by Crippen LogP contribution is -2.36. The number of amides is 1. The third-order valence-electron chi connectivity index (χ3n) is 4.74. The largest absolute Gasteiger partial charge is 0.371 e. The summed E-state index contributed by atoms with van der Waals surface area (Å²) in [5.41, 5.74) is 2.02. The van der Waals surface area contributed by atoms with E-state index in [0.717, 1.165) is 25.0 Å². The summed E-state index contributed by atoms with van der Waals surface area (Å²) in [6.45, 7) is 1.13. The number of nitrogens with one attached hydrogen (secondary N) is 1. The molecule has 1 aliphatic carbocycles. The van der Waals surface area contributed by atoms with Crippen molar-refractivity contribution in [2.24, 2.45) is 0 Å². The molecule has 1 amide bonds. The smallest absolute Gasteiger partial charge is 0.261 e. The fourth-order valence-electron chi connectivity index (χ4n) is 3.20. The van der Waals surface area contributed by atoms with Gasteiger partial charge in [0, 0.05) is 24.0 Å². The van der Waals surface area contributed by atoms with Gasteiger partial charge in [-0.1, -0.05) is 0 Å². The number of rotatable bonds is 4. The van der Waals surface area contributed by atoms with E-state index in [1.807, 2.05) is 6.07 Å². The first-order chi connectivity index (χ1) is 11.6. The summed E-state index contributed by atoms with van der Waals surface area (Å²) < 4.78 is 5.84. The van der Waals surface area contributed by atoms with Crippen LogP contribution in [0.15, 0.2) is 28.4 Å². The maximum atomic E-state index is 12.6. The van der Waals surface area contributed by atoms with Crippen LogP contribution in [0.25, 0.3) is 0 Å². The molecule has 0 saturated heterocycles. The summed E-state index contributed by atoms with van der Waals surface area (Å²) >= 11 is 1.74. The molecule has 0 aromatic carbocycles. The maximum absolute atomic E-state index is 12.6. The summed E-state index contributed by atoms with van der Waals surface area (Å²) in [5.74, 6) is 0.205. The first-order valence-corrected chi connectivity index (χ1v) is 9.18. The van der Waals surface area contributed by atoms with Gasteiger partial charge >= 0.3 is 0 Å². The second-order valence-electron chi connectivity index (χ2n) is 6.52. The number of carbonyl (C=O) groups excluding carboxylic acids is 1. The lowest BCUT2D eigenvalue weighted by Gasteiger charge is -2.27. The number of hydrogen-bond acceptors (Lipinski definition) is 4. The number of likely N-dealkylation sites (N-methyl/N-ethyl adjacent to an activating group) is 1. The summed E-state index contributed by atoms with van der Waals surface area (Å²) in [4.78, 5) is 30.6. The highest BCUT2D eigenvalue weighted by atomic mass is 32.1. The summed E-state index contributed by atoms with van der Waals surface area (Å²) in [5, 5.41) is 2.06. The van der Waals surface area contributed by atoms with Crippen LogP contribution in [-0.4, -0.2) is 36.0 Å². The molecule has 2 aromatic rings. The molecule has 24 heavy (non-hydrogen) atoms. The Morgan fingerprint density at radius 3 is 2.96 bits per heavy atom. The Hall–Kier alpha value is -1.92. The topological polar surface area (TPSA) is 62.4 Å². The molecule has 0 radical (unpaired) electrons. The molecule has 1 aliphatic heterocycles. The van der Waals surface area contributed by atoms with Crippen LogP contribution >= 0.6 is 11.3 Å². The Labute approximate surface area is 144 Å². The van der Waals surface area contributed by atoms with Crippen molar-refractivity contribution < 1.29 is 9.53 Å². The molecule has 0 bridgehead atoms. The fraction of sp³-hybridized carbons (Fsp3) is 0.444. The average Bonchev–Trinajstić information content (AvgIpc) is 3.31. The molecule has 126 valence electrons. The van der Waals surface area contributed by atoms with Gasteiger partial charge < -0.3 is 14.6 Å². The summed E-state index contributed by atoms with van der Waals surface area (Å²) in [7, 11) is 1.72. The van der Waals surface area contributed by atoms with E-state index in [1.54, 1.807) is 29.4 Å². The molecule has 1 unspecified atom stereocenters.